The van der Waals surface area contributed by atoms with E-state index in [1.54, 1.807) is 11.3 Å². The average molecular weight is 267 g/mol. The summed E-state index contributed by atoms with van der Waals surface area (Å²) in [5, 5.41) is 6.78. The Morgan fingerprint density at radius 3 is 2.72 bits per heavy atom. The van der Waals surface area contributed by atoms with Crippen LogP contribution in [0, 0.1) is 0 Å². The third-order valence-electron chi connectivity index (χ3n) is 4.01. The Morgan fingerprint density at radius 1 is 1.39 bits per heavy atom. The molecule has 3 nitrogen and oxygen atoms in total. The smallest absolute Gasteiger partial charge is 0.112 e. The number of hydrogen-bond donors (Lipinski definition) is 2. The van der Waals surface area contributed by atoms with E-state index in [-0.39, 0.29) is 11.1 Å². The van der Waals surface area contributed by atoms with E-state index >= 15 is 0 Å². The van der Waals surface area contributed by atoms with Crippen LogP contribution in [0.1, 0.15) is 57.4 Å². The topological polar surface area (TPSA) is 50.9 Å². The molecule has 0 unspecified atom stereocenters. The van der Waals surface area contributed by atoms with Crippen molar-refractivity contribution in [2.75, 3.05) is 6.54 Å². The van der Waals surface area contributed by atoms with Gasteiger partial charge < -0.3 is 11.1 Å². The van der Waals surface area contributed by atoms with Gasteiger partial charge in [-0.25, -0.2) is 4.98 Å². The lowest BCUT2D eigenvalue weighted by atomic mass is 9.80. The Bertz CT molecular complexity index is 353. The Balaban J connectivity index is 1.81. The van der Waals surface area contributed by atoms with E-state index < -0.39 is 0 Å². The Labute approximate surface area is 114 Å². The molecule has 1 aromatic heterocycles. The van der Waals surface area contributed by atoms with Gasteiger partial charge in [-0.15, -0.1) is 11.3 Å². The molecule has 0 spiro atoms. The van der Waals surface area contributed by atoms with Crippen molar-refractivity contribution in [1.29, 1.82) is 0 Å². The minimum atomic E-state index is -0.0425. The molecule has 1 fully saturated rings. The van der Waals surface area contributed by atoms with E-state index in [4.69, 9.17) is 5.73 Å². The van der Waals surface area contributed by atoms with Gasteiger partial charge in [0.25, 0.3) is 0 Å². The molecule has 1 aliphatic carbocycles. The second-order valence-electron chi connectivity index (χ2n) is 6.06. The molecule has 4 heteroatoms. The van der Waals surface area contributed by atoms with Crippen molar-refractivity contribution in [2.24, 2.45) is 5.73 Å². The Kier molecular flexibility index (Phi) is 4.41. The summed E-state index contributed by atoms with van der Waals surface area (Å²) >= 11 is 1.71. The lowest BCUT2D eigenvalue weighted by molar-refractivity contribution is 0.261. The van der Waals surface area contributed by atoms with Gasteiger partial charge in [0.05, 0.1) is 5.54 Å². The van der Waals surface area contributed by atoms with Crippen molar-refractivity contribution in [2.45, 2.75) is 63.5 Å². The number of nitrogens with zero attached hydrogens (tertiary/aromatic N) is 1. The number of aromatic nitrogens is 1. The van der Waals surface area contributed by atoms with Crippen LogP contribution in [0.3, 0.4) is 0 Å². The summed E-state index contributed by atoms with van der Waals surface area (Å²) in [5.41, 5.74) is 6.49. The number of nitrogens with two attached hydrogens (primary N) is 1. The Hall–Kier alpha value is -0.450. The first-order chi connectivity index (χ1) is 8.52. The molecule has 3 N–H and O–H groups in total. The zero-order valence-electron chi connectivity index (χ0n) is 11.5. The lowest BCUT2D eigenvalue weighted by Gasteiger charge is -2.35. The first-order valence-electron chi connectivity index (χ1n) is 6.96. The fourth-order valence-electron chi connectivity index (χ4n) is 2.74. The highest BCUT2D eigenvalue weighted by Gasteiger charge is 2.28. The van der Waals surface area contributed by atoms with Crippen molar-refractivity contribution in [3.05, 3.63) is 16.6 Å². The Morgan fingerprint density at radius 2 is 2.11 bits per heavy atom. The minimum absolute atomic E-state index is 0.0425. The fourth-order valence-corrected chi connectivity index (χ4v) is 3.48. The first kappa shape index (κ1) is 14.0. The largest absolute Gasteiger partial charge is 0.325 e. The van der Waals surface area contributed by atoms with Crippen LogP contribution in [0.4, 0.5) is 0 Å². The highest BCUT2D eigenvalue weighted by molar-refractivity contribution is 7.09. The summed E-state index contributed by atoms with van der Waals surface area (Å²) in [5.74, 6) is 0. The van der Waals surface area contributed by atoms with Crippen molar-refractivity contribution in [1.82, 2.24) is 10.3 Å². The van der Waals surface area contributed by atoms with Gasteiger partial charge in [0.15, 0.2) is 0 Å². The fraction of sp³-hybridized carbons (Fsp3) is 0.786. The van der Waals surface area contributed by atoms with Gasteiger partial charge in [0.2, 0.25) is 0 Å². The van der Waals surface area contributed by atoms with Gasteiger partial charge in [-0.05, 0) is 39.7 Å². The molecule has 1 aromatic rings. The molecule has 0 aromatic carbocycles. The number of rotatable bonds is 5. The standard InChI is InChI=1S/C14H25N3S/c1-13(2,12-16-10-11-18-12)17-9-8-14(15)6-4-3-5-7-14/h10-11,17H,3-9,15H2,1-2H3. The molecule has 0 radical (unpaired) electrons. The van der Waals surface area contributed by atoms with Gasteiger partial charge in [-0.3, -0.25) is 0 Å². The van der Waals surface area contributed by atoms with Crippen LogP contribution in [-0.2, 0) is 5.54 Å². The second kappa shape index (κ2) is 5.68. The summed E-state index contributed by atoms with van der Waals surface area (Å²) in [6, 6.07) is 0. The minimum Gasteiger partial charge on any atom is -0.325 e. The monoisotopic (exact) mass is 267 g/mol. The summed E-state index contributed by atoms with van der Waals surface area (Å²) in [7, 11) is 0. The van der Waals surface area contributed by atoms with Gasteiger partial charge in [0.1, 0.15) is 5.01 Å². The number of hydrogen-bond acceptors (Lipinski definition) is 4. The third kappa shape index (κ3) is 3.53. The molecule has 1 saturated carbocycles. The highest BCUT2D eigenvalue weighted by Crippen LogP contribution is 2.29. The predicted octanol–water partition coefficient (Wildman–Crippen LogP) is 3.02. The molecule has 0 aliphatic heterocycles. The molecule has 2 rings (SSSR count). The molecule has 102 valence electrons. The highest BCUT2D eigenvalue weighted by atomic mass is 32.1. The zero-order valence-corrected chi connectivity index (χ0v) is 12.4. The molecule has 0 bridgehead atoms. The molecular weight excluding hydrogens is 242 g/mol. The van der Waals surface area contributed by atoms with Crippen molar-refractivity contribution < 1.29 is 0 Å². The van der Waals surface area contributed by atoms with Crippen LogP contribution in [-0.4, -0.2) is 17.1 Å². The molecule has 18 heavy (non-hydrogen) atoms. The summed E-state index contributed by atoms with van der Waals surface area (Å²) in [6.07, 6.45) is 9.27. The van der Waals surface area contributed by atoms with E-state index in [0.717, 1.165) is 18.0 Å². The van der Waals surface area contributed by atoms with E-state index in [0.29, 0.717) is 0 Å². The molecule has 0 amide bonds. The van der Waals surface area contributed by atoms with Crippen LogP contribution in [0.2, 0.25) is 0 Å². The zero-order chi connectivity index (χ0) is 13.1. The quantitative estimate of drug-likeness (QED) is 0.862. The van der Waals surface area contributed by atoms with Gasteiger partial charge in [0, 0.05) is 17.1 Å². The average Bonchev–Trinajstić information content (AvgIpc) is 2.83. The SMILES string of the molecule is CC(C)(NCCC1(N)CCCCC1)c1nccs1. The first-order valence-corrected chi connectivity index (χ1v) is 7.84. The van der Waals surface area contributed by atoms with Crippen LogP contribution >= 0.6 is 11.3 Å². The van der Waals surface area contributed by atoms with Crippen molar-refractivity contribution >= 4 is 11.3 Å². The molecule has 1 heterocycles. The van der Waals surface area contributed by atoms with Crippen LogP contribution in [0.25, 0.3) is 0 Å². The maximum Gasteiger partial charge on any atom is 0.112 e. The van der Waals surface area contributed by atoms with E-state index in [9.17, 15) is 0 Å². The normalized spacial score (nSPS) is 19.9. The van der Waals surface area contributed by atoms with Crippen molar-refractivity contribution in [3.63, 3.8) is 0 Å². The van der Waals surface area contributed by atoms with Crippen LogP contribution < -0.4 is 11.1 Å². The van der Waals surface area contributed by atoms with E-state index in [2.05, 4.69) is 24.1 Å². The van der Waals surface area contributed by atoms with Crippen molar-refractivity contribution in [3.8, 4) is 0 Å². The summed E-state index contributed by atoms with van der Waals surface area (Å²) in [6.45, 7) is 5.36. The van der Waals surface area contributed by atoms with Gasteiger partial charge in [-0.2, -0.15) is 0 Å². The predicted molar refractivity (Wildman–Crippen MR) is 77.8 cm³/mol. The second-order valence-corrected chi connectivity index (χ2v) is 6.96. The number of nitrogens with one attached hydrogen (secondary N) is 1. The molecule has 1 aliphatic rings. The van der Waals surface area contributed by atoms with Crippen LogP contribution in [0.15, 0.2) is 11.6 Å². The van der Waals surface area contributed by atoms with E-state index in [1.165, 1.54) is 32.1 Å². The van der Waals surface area contributed by atoms with Gasteiger partial charge >= 0.3 is 0 Å². The molecule has 0 saturated heterocycles. The maximum atomic E-state index is 6.45. The van der Waals surface area contributed by atoms with Gasteiger partial charge in [-0.1, -0.05) is 19.3 Å². The maximum absolute atomic E-state index is 6.45. The van der Waals surface area contributed by atoms with Crippen LogP contribution in [0.5, 0.6) is 0 Å². The lowest BCUT2D eigenvalue weighted by Crippen LogP contribution is -2.46. The molecular formula is C14H25N3S. The number of thiazole rings is 1. The third-order valence-corrected chi connectivity index (χ3v) is 5.10. The molecule has 0 atom stereocenters. The summed E-state index contributed by atoms with van der Waals surface area (Å²) in [4.78, 5) is 4.40. The summed E-state index contributed by atoms with van der Waals surface area (Å²) < 4.78 is 0. The van der Waals surface area contributed by atoms with E-state index in [1.807, 2.05) is 11.6 Å².